The largest absolute Gasteiger partial charge is 0.450 e. The number of amides is 2. The summed E-state index contributed by atoms with van der Waals surface area (Å²) >= 11 is 0. The minimum absolute atomic E-state index is 0.0661. The van der Waals surface area contributed by atoms with Crippen molar-refractivity contribution in [3.05, 3.63) is 36.1 Å². The van der Waals surface area contributed by atoms with Crippen LogP contribution in [0.4, 0.5) is 0 Å². The number of para-hydroxylation sites is 1. The third kappa shape index (κ3) is 3.40. The van der Waals surface area contributed by atoms with E-state index < -0.39 is 5.97 Å². The van der Waals surface area contributed by atoms with Crippen molar-refractivity contribution >= 4 is 28.8 Å². The van der Waals surface area contributed by atoms with Crippen LogP contribution in [0.25, 0.3) is 11.0 Å². The molecule has 1 aliphatic rings. The topological polar surface area (TPSA) is 103 Å². The average molecular weight is 330 g/mol. The van der Waals surface area contributed by atoms with Crippen molar-refractivity contribution in [1.29, 1.82) is 0 Å². The Bertz CT molecular complexity index is 741. The number of primary amides is 1. The first-order valence-corrected chi connectivity index (χ1v) is 7.77. The number of likely N-dealkylation sites (tertiary alicyclic amines) is 1. The van der Waals surface area contributed by atoms with Crippen molar-refractivity contribution in [2.24, 2.45) is 11.7 Å². The smallest absolute Gasteiger partial charge is 0.374 e. The van der Waals surface area contributed by atoms with Gasteiger partial charge in [0.2, 0.25) is 11.7 Å². The van der Waals surface area contributed by atoms with E-state index in [4.69, 9.17) is 14.9 Å². The van der Waals surface area contributed by atoms with E-state index in [1.54, 1.807) is 23.1 Å². The fourth-order valence-electron chi connectivity index (χ4n) is 2.79. The van der Waals surface area contributed by atoms with Gasteiger partial charge in [-0.05, 0) is 25.0 Å². The molecule has 3 rings (SSSR count). The third-order valence-corrected chi connectivity index (χ3v) is 4.20. The molecule has 1 saturated heterocycles. The zero-order valence-electron chi connectivity index (χ0n) is 13.1. The number of hydrogen-bond donors (Lipinski definition) is 1. The van der Waals surface area contributed by atoms with E-state index >= 15 is 0 Å². The summed E-state index contributed by atoms with van der Waals surface area (Å²) in [5.74, 6) is -1.42. The lowest BCUT2D eigenvalue weighted by Crippen LogP contribution is -2.43. The molecule has 2 heterocycles. The highest BCUT2D eigenvalue weighted by atomic mass is 16.5. The highest BCUT2D eigenvalue weighted by Crippen LogP contribution is 2.20. The maximum atomic E-state index is 12.1. The summed E-state index contributed by atoms with van der Waals surface area (Å²) < 4.78 is 10.4. The van der Waals surface area contributed by atoms with Crippen LogP contribution in [-0.4, -0.2) is 42.4 Å². The van der Waals surface area contributed by atoms with Gasteiger partial charge < -0.3 is 19.8 Å². The first-order chi connectivity index (χ1) is 11.5. The van der Waals surface area contributed by atoms with Gasteiger partial charge in [0.1, 0.15) is 5.58 Å². The van der Waals surface area contributed by atoms with Crippen LogP contribution >= 0.6 is 0 Å². The normalized spacial score (nSPS) is 15.4. The Morgan fingerprint density at radius 3 is 2.58 bits per heavy atom. The second-order valence-electron chi connectivity index (χ2n) is 5.78. The summed E-state index contributed by atoms with van der Waals surface area (Å²) in [6.45, 7) is 0.528. The second-order valence-corrected chi connectivity index (χ2v) is 5.78. The highest BCUT2D eigenvalue weighted by Gasteiger charge is 2.26. The molecule has 2 amide bonds. The molecular weight excluding hydrogens is 312 g/mol. The van der Waals surface area contributed by atoms with Crippen molar-refractivity contribution in [3.63, 3.8) is 0 Å². The third-order valence-electron chi connectivity index (χ3n) is 4.20. The monoisotopic (exact) mass is 330 g/mol. The molecule has 7 nitrogen and oxygen atoms in total. The van der Waals surface area contributed by atoms with Crippen LogP contribution in [0.1, 0.15) is 23.4 Å². The quantitative estimate of drug-likeness (QED) is 0.852. The van der Waals surface area contributed by atoms with Gasteiger partial charge in [0.05, 0.1) is 0 Å². The van der Waals surface area contributed by atoms with Crippen molar-refractivity contribution in [2.45, 2.75) is 12.8 Å². The molecule has 24 heavy (non-hydrogen) atoms. The lowest BCUT2D eigenvalue weighted by Gasteiger charge is -2.30. The number of rotatable bonds is 4. The number of ether oxygens (including phenoxy) is 1. The number of carbonyl (C=O) groups excluding carboxylic acids is 3. The Balaban J connectivity index is 1.52. The Morgan fingerprint density at radius 1 is 1.21 bits per heavy atom. The predicted octanol–water partition coefficient (Wildman–Crippen LogP) is 1.31. The van der Waals surface area contributed by atoms with E-state index in [0.29, 0.717) is 31.5 Å². The summed E-state index contributed by atoms with van der Waals surface area (Å²) in [6.07, 6.45) is 1.08. The van der Waals surface area contributed by atoms with Gasteiger partial charge in [-0.3, -0.25) is 9.59 Å². The van der Waals surface area contributed by atoms with Crippen molar-refractivity contribution in [3.8, 4) is 0 Å². The number of furan rings is 1. The molecule has 1 aromatic heterocycles. The fourth-order valence-corrected chi connectivity index (χ4v) is 2.79. The van der Waals surface area contributed by atoms with Crippen LogP contribution in [0.5, 0.6) is 0 Å². The average Bonchev–Trinajstić information content (AvgIpc) is 3.03. The Hall–Kier alpha value is -2.83. The SMILES string of the molecule is NC(=O)C1CCN(C(=O)COC(=O)c2cc3ccccc3o2)CC1. The fraction of sp³-hybridized carbons (Fsp3) is 0.353. The molecule has 2 N–H and O–H groups in total. The number of esters is 1. The molecule has 0 unspecified atom stereocenters. The number of fused-ring (bicyclic) bond motifs is 1. The number of nitrogens with zero attached hydrogens (tertiary/aromatic N) is 1. The van der Waals surface area contributed by atoms with Gasteiger partial charge in [-0.1, -0.05) is 18.2 Å². The van der Waals surface area contributed by atoms with Gasteiger partial charge in [0, 0.05) is 24.4 Å². The molecule has 0 aliphatic carbocycles. The summed E-state index contributed by atoms with van der Waals surface area (Å²) in [7, 11) is 0. The van der Waals surface area contributed by atoms with Gasteiger partial charge in [-0.2, -0.15) is 0 Å². The molecule has 1 fully saturated rings. The highest BCUT2D eigenvalue weighted by molar-refractivity contribution is 5.93. The van der Waals surface area contributed by atoms with Crippen LogP contribution in [0.3, 0.4) is 0 Å². The standard InChI is InChI=1S/C17H18N2O5/c18-16(21)11-5-7-19(8-6-11)15(20)10-23-17(22)14-9-12-3-1-2-4-13(12)24-14/h1-4,9,11H,5-8,10H2,(H2,18,21). The van der Waals surface area contributed by atoms with Crippen LogP contribution in [0, 0.1) is 5.92 Å². The van der Waals surface area contributed by atoms with E-state index in [2.05, 4.69) is 0 Å². The van der Waals surface area contributed by atoms with Crippen molar-refractivity contribution in [1.82, 2.24) is 4.90 Å². The maximum absolute atomic E-state index is 12.1. The van der Waals surface area contributed by atoms with Crippen LogP contribution in [0.2, 0.25) is 0 Å². The van der Waals surface area contributed by atoms with E-state index in [0.717, 1.165) is 5.39 Å². The first-order valence-electron chi connectivity index (χ1n) is 7.77. The Kier molecular flexibility index (Phi) is 4.50. The summed E-state index contributed by atoms with van der Waals surface area (Å²) in [5, 5.41) is 0.796. The van der Waals surface area contributed by atoms with Gasteiger partial charge >= 0.3 is 5.97 Å². The molecule has 0 spiro atoms. The number of hydrogen-bond acceptors (Lipinski definition) is 5. The lowest BCUT2D eigenvalue weighted by atomic mass is 9.96. The first kappa shape index (κ1) is 16.0. The second kappa shape index (κ2) is 6.74. The molecule has 0 bridgehead atoms. The minimum Gasteiger partial charge on any atom is -0.450 e. The molecule has 126 valence electrons. The molecule has 1 aromatic carbocycles. The number of piperidine rings is 1. The minimum atomic E-state index is -0.674. The number of benzene rings is 1. The van der Waals surface area contributed by atoms with Gasteiger partial charge in [0.25, 0.3) is 5.91 Å². The zero-order valence-corrected chi connectivity index (χ0v) is 13.1. The van der Waals surface area contributed by atoms with E-state index in [-0.39, 0.29) is 30.1 Å². The summed E-state index contributed by atoms with van der Waals surface area (Å²) in [6, 6.07) is 8.80. The van der Waals surface area contributed by atoms with Crippen LogP contribution < -0.4 is 5.73 Å². The number of carbonyl (C=O) groups is 3. The number of nitrogens with two attached hydrogens (primary N) is 1. The van der Waals surface area contributed by atoms with Crippen molar-refractivity contribution in [2.75, 3.05) is 19.7 Å². The van der Waals surface area contributed by atoms with Crippen LogP contribution in [-0.2, 0) is 14.3 Å². The van der Waals surface area contributed by atoms with E-state index in [9.17, 15) is 14.4 Å². The lowest BCUT2D eigenvalue weighted by molar-refractivity contribution is -0.137. The molecule has 2 aromatic rings. The molecule has 0 atom stereocenters. The molecule has 1 aliphatic heterocycles. The summed E-state index contributed by atoms with van der Waals surface area (Å²) in [5.41, 5.74) is 5.85. The van der Waals surface area contributed by atoms with E-state index in [1.807, 2.05) is 12.1 Å². The zero-order chi connectivity index (χ0) is 17.1. The van der Waals surface area contributed by atoms with Gasteiger partial charge in [-0.25, -0.2) is 4.79 Å². The molecular formula is C17H18N2O5. The van der Waals surface area contributed by atoms with Crippen molar-refractivity contribution < 1.29 is 23.5 Å². The van der Waals surface area contributed by atoms with Gasteiger partial charge in [0.15, 0.2) is 6.61 Å². The van der Waals surface area contributed by atoms with Gasteiger partial charge in [-0.15, -0.1) is 0 Å². The maximum Gasteiger partial charge on any atom is 0.374 e. The predicted molar refractivity (Wildman–Crippen MR) is 85.0 cm³/mol. The van der Waals surface area contributed by atoms with E-state index in [1.165, 1.54) is 0 Å². The van der Waals surface area contributed by atoms with Crippen LogP contribution in [0.15, 0.2) is 34.7 Å². The molecule has 7 heteroatoms. The summed E-state index contributed by atoms with van der Waals surface area (Å²) in [4.78, 5) is 36.8. The molecule has 0 radical (unpaired) electrons. The Morgan fingerprint density at radius 2 is 1.92 bits per heavy atom. The molecule has 0 saturated carbocycles. The Labute approximate surface area is 138 Å².